The van der Waals surface area contributed by atoms with Crippen LogP contribution in [0.1, 0.15) is 50.0 Å². The van der Waals surface area contributed by atoms with Crippen molar-refractivity contribution in [3.05, 3.63) is 29.8 Å². The topological polar surface area (TPSA) is 46.5 Å². The van der Waals surface area contributed by atoms with E-state index in [1.54, 1.807) is 12.1 Å². The summed E-state index contributed by atoms with van der Waals surface area (Å²) in [5.74, 6) is 0.0492. The summed E-state index contributed by atoms with van der Waals surface area (Å²) in [4.78, 5) is 13.0. The zero-order valence-corrected chi connectivity index (χ0v) is 16.9. The Morgan fingerprint density at radius 3 is 2.32 bits per heavy atom. The minimum atomic E-state index is -0.321. The van der Waals surface area contributed by atoms with Crippen LogP contribution in [0.5, 0.6) is 5.75 Å². The molecular formula is C20H30BrNO3. The number of ether oxygens (including phenoxy) is 1. The van der Waals surface area contributed by atoms with E-state index in [4.69, 9.17) is 4.74 Å². The molecule has 3 rings (SSSR count). The van der Waals surface area contributed by atoms with E-state index in [1.807, 2.05) is 12.1 Å². The molecule has 4 nitrogen and oxygen atoms in total. The van der Waals surface area contributed by atoms with Crippen molar-refractivity contribution >= 4 is 5.97 Å². The van der Waals surface area contributed by atoms with E-state index >= 15 is 0 Å². The van der Waals surface area contributed by atoms with Crippen LogP contribution in [-0.4, -0.2) is 48.8 Å². The summed E-state index contributed by atoms with van der Waals surface area (Å²) in [6, 6.07) is 7.24. The number of carbonyl (C=O) groups is 1. The lowest BCUT2D eigenvalue weighted by atomic mass is 9.84. The van der Waals surface area contributed by atoms with Crippen LogP contribution in [0.4, 0.5) is 0 Å². The first-order valence-electron chi connectivity index (χ1n) is 9.27. The highest BCUT2D eigenvalue weighted by Gasteiger charge is 2.37. The number of rotatable bonds is 4. The van der Waals surface area contributed by atoms with Gasteiger partial charge < -0.3 is 31.3 Å². The molecule has 1 aliphatic carbocycles. The van der Waals surface area contributed by atoms with Crippen molar-refractivity contribution in [1.29, 1.82) is 0 Å². The molecule has 1 saturated carbocycles. The number of phenols is 1. The molecule has 2 aliphatic rings. The lowest BCUT2D eigenvalue weighted by Gasteiger charge is -2.37. The Hall–Kier alpha value is -1.07. The van der Waals surface area contributed by atoms with Gasteiger partial charge in [0, 0.05) is 18.4 Å². The molecule has 140 valence electrons. The van der Waals surface area contributed by atoms with Gasteiger partial charge in [-0.1, -0.05) is 31.0 Å². The van der Waals surface area contributed by atoms with Crippen LogP contribution in [0.3, 0.4) is 0 Å². The van der Waals surface area contributed by atoms with Crippen molar-refractivity contribution in [2.45, 2.75) is 50.5 Å². The summed E-state index contributed by atoms with van der Waals surface area (Å²) >= 11 is 0. The highest BCUT2D eigenvalue weighted by Crippen LogP contribution is 2.41. The molecule has 1 saturated heterocycles. The number of hydrogen-bond donors (Lipinski definition) is 1. The standard InChI is InChI=1S/C20H29NO3.BrH/c1-21(2)13-11-16(12-14-21)24-20(23)19(15-7-3-4-8-15)17-9-5-6-10-18(17)22;/h5-6,9-10,15-16,19H,3-4,7-8,11-14H2,1-2H3;1H. The first-order valence-corrected chi connectivity index (χ1v) is 9.27. The quantitative estimate of drug-likeness (QED) is 0.577. The number of benzene rings is 1. The largest absolute Gasteiger partial charge is 1.00 e. The van der Waals surface area contributed by atoms with Crippen LogP contribution in [0, 0.1) is 5.92 Å². The molecule has 1 N–H and O–H groups in total. The lowest BCUT2D eigenvalue weighted by molar-refractivity contribution is -0.896. The van der Waals surface area contributed by atoms with E-state index in [0.717, 1.165) is 61.7 Å². The third-order valence-electron chi connectivity index (χ3n) is 5.79. The van der Waals surface area contributed by atoms with Gasteiger partial charge in [0.15, 0.2) is 0 Å². The minimum Gasteiger partial charge on any atom is -1.00 e. The zero-order chi connectivity index (χ0) is 17.2. The molecule has 0 amide bonds. The van der Waals surface area contributed by atoms with Gasteiger partial charge in [0.1, 0.15) is 11.9 Å². The SMILES string of the molecule is C[N+]1(C)CCC(OC(=O)C(c2ccccc2O)C2CCCC2)CC1.[Br-]. The number of esters is 1. The molecule has 0 bridgehead atoms. The molecule has 1 aromatic carbocycles. The van der Waals surface area contributed by atoms with E-state index in [0.29, 0.717) is 5.92 Å². The highest BCUT2D eigenvalue weighted by molar-refractivity contribution is 5.79. The Balaban J connectivity index is 0.00000225. The average Bonchev–Trinajstić information content (AvgIpc) is 3.06. The summed E-state index contributed by atoms with van der Waals surface area (Å²) in [6.07, 6.45) is 6.30. The monoisotopic (exact) mass is 411 g/mol. The number of hydrogen-bond acceptors (Lipinski definition) is 3. The predicted molar refractivity (Wildman–Crippen MR) is 93.8 cm³/mol. The van der Waals surface area contributed by atoms with Gasteiger partial charge in [-0.3, -0.25) is 4.79 Å². The number of nitrogens with zero attached hydrogens (tertiary/aromatic N) is 1. The number of likely N-dealkylation sites (tertiary alicyclic amines) is 1. The van der Waals surface area contributed by atoms with Crippen molar-refractivity contribution in [2.24, 2.45) is 5.92 Å². The summed E-state index contributed by atoms with van der Waals surface area (Å²) in [6.45, 7) is 2.09. The molecule has 2 fully saturated rings. The second kappa shape index (κ2) is 8.54. The van der Waals surface area contributed by atoms with Crippen LogP contribution in [0.25, 0.3) is 0 Å². The minimum absolute atomic E-state index is 0. The van der Waals surface area contributed by atoms with Gasteiger partial charge in [0.25, 0.3) is 0 Å². The van der Waals surface area contributed by atoms with Crippen LogP contribution in [-0.2, 0) is 9.53 Å². The van der Waals surface area contributed by atoms with Crippen LogP contribution in [0.15, 0.2) is 24.3 Å². The van der Waals surface area contributed by atoms with Gasteiger partial charge in [0.05, 0.1) is 33.1 Å². The second-order valence-electron chi connectivity index (χ2n) is 8.10. The number of aromatic hydroxyl groups is 1. The van der Waals surface area contributed by atoms with E-state index in [-0.39, 0.29) is 40.7 Å². The summed E-state index contributed by atoms with van der Waals surface area (Å²) in [5, 5.41) is 10.3. The molecule has 1 unspecified atom stereocenters. The summed E-state index contributed by atoms with van der Waals surface area (Å²) < 4.78 is 6.91. The van der Waals surface area contributed by atoms with Gasteiger partial charge in [-0.25, -0.2) is 0 Å². The van der Waals surface area contributed by atoms with Crippen molar-refractivity contribution in [3.63, 3.8) is 0 Å². The third kappa shape index (κ3) is 4.98. The average molecular weight is 412 g/mol. The molecule has 0 aromatic heterocycles. The molecule has 1 aliphatic heterocycles. The Morgan fingerprint density at radius 1 is 1.12 bits per heavy atom. The van der Waals surface area contributed by atoms with Crippen LogP contribution < -0.4 is 17.0 Å². The number of piperidine rings is 1. The van der Waals surface area contributed by atoms with Crippen LogP contribution in [0.2, 0.25) is 0 Å². The Kier molecular flexibility index (Phi) is 6.92. The Labute approximate surface area is 161 Å². The van der Waals surface area contributed by atoms with Crippen molar-refractivity contribution < 1.29 is 36.1 Å². The number of carbonyl (C=O) groups excluding carboxylic acids is 1. The van der Waals surface area contributed by atoms with Gasteiger partial charge >= 0.3 is 5.97 Å². The number of para-hydroxylation sites is 1. The first-order chi connectivity index (χ1) is 11.5. The first kappa shape index (κ1) is 20.2. The normalized spacial score (nSPS) is 22.2. The molecule has 1 atom stereocenters. The molecule has 5 heteroatoms. The third-order valence-corrected chi connectivity index (χ3v) is 5.79. The molecule has 1 aromatic rings. The molecule has 0 spiro atoms. The van der Waals surface area contributed by atoms with Gasteiger partial charge in [-0.15, -0.1) is 0 Å². The number of halogens is 1. The zero-order valence-electron chi connectivity index (χ0n) is 15.3. The van der Waals surface area contributed by atoms with E-state index < -0.39 is 0 Å². The molecule has 0 radical (unpaired) electrons. The molecular weight excluding hydrogens is 382 g/mol. The van der Waals surface area contributed by atoms with E-state index in [1.165, 1.54) is 0 Å². The maximum atomic E-state index is 13.0. The van der Waals surface area contributed by atoms with E-state index in [9.17, 15) is 9.90 Å². The highest BCUT2D eigenvalue weighted by atomic mass is 79.9. The maximum absolute atomic E-state index is 13.0. The number of phenolic OH excluding ortho intramolecular Hbond substituents is 1. The van der Waals surface area contributed by atoms with Gasteiger partial charge in [-0.05, 0) is 24.8 Å². The van der Waals surface area contributed by atoms with Gasteiger partial charge in [-0.2, -0.15) is 0 Å². The number of quaternary nitrogens is 1. The fraction of sp³-hybridized carbons (Fsp3) is 0.650. The Bertz CT molecular complexity index is 574. The molecule has 25 heavy (non-hydrogen) atoms. The van der Waals surface area contributed by atoms with Crippen molar-refractivity contribution in [3.8, 4) is 5.75 Å². The van der Waals surface area contributed by atoms with E-state index in [2.05, 4.69) is 14.1 Å². The second-order valence-corrected chi connectivity index (χ2v) is 8.10. The fourth-order valence-corrected chi connectivity index (χ4v) is 4.21. The predicted octanol–water partition coefficient (Wildman–Crippen LogP) is 0.452. The smallest absolute Gasteiger partial charge is 0.314 e. The summed E-state index contributed by atoms with van der Waals surface area (Å²) in [5.41, 5.74) is 0.737. The maximum Gasteiger partial charge on any atom is 0.314 e. The van der Waals surface area contributed by atoms with Crippen LogP contribution >= 0.6 is 0 Å². The fourth-order valence-electron chi connectivity index (χ4n) is 4.21. The van der Waals surface area contributed by atoms with Gasteiger partial charge in [0.2, 0.25) is 0 Å². The Morgan fingerprint density at radius 2 is 1.72 bits per heavy atom. The summed E-state index contributed by atoms with van der Waals surface area (Å²) in [7, 11) is 4.45. The van der Waals surface area contributed by atoms with Crippen molar-refractivity contribution in [2.75, 3.05) is 27.2 Å². The lowest BCUT2D eigenvalue weighted by Crippen LogP contribution is -3.00. The molecule has 1 heterocycles. The van der Waals surface area contributed by atoms with Crippen molar-refractivity contribution in [1.82, 2.24) is 0 Å².